The van der Waals surface area contributed by atoms with Gasteiger partial charge in [-0.25, -0.2) is 0 Å². The summed E-state index contributed by atoms with van der Waals surface area (Å²) in [6.07, 6.45) is -0.0302. The summed E-state index contributed by atoms with van der Waals surface area (Å²) in [6.45, 7) is -0.132. The molecule has 0 bridgehead atoms. The molecule has 126 valence electrons. The molecule has 1 aromatic rings. The van der Waals surface area contributed by atoms with Gasteiger partial charge in [-0.15, -0.1) is 0 Å². The number of benzene rings is 1. The molecule has 1 N–H and O–H groups in total. The van der Waals surface area contributed by atoms with E-state index in [-0.39, 0.29) is 37.1 Å². The van der Waals surface area contributed by atoms with Gasteiger partial charge in [0.05, 0.1) is 26.2 Å². The van der Waals surface area contributed by atoms with Crippen LogP contribution < -0.4 is 9.64 Å². The summed E-state index contributed by atoms with van der Waals surface area (Å²) in [6, 6.07) is 6.10. The van der Waals surface area contributed by atoms with Crippen molar-refractivity contribution in [1.29, 1.82) is 0 Å². The van der Waals surface area contributed by atoms with Gasteiger partial charge in [0.2, 0.25) is 0 Å². The molecule has 1 fully saturated rings. The van der Waals surface area contributed by atoms with Crippen molar-refractivity contribution < 1.29 is 24.1 Å². The summed E-state index contributed by atoms with van der Waals surface area (Å²) < 4.78 is 16.6. The van der Waals surface area contributed by atoms with Gasteiger partial charge in [-0.3, -0.25) is 4.79 Å². The van der Waals surface area contributed by atoms with Crippen LogP contribution >= 0.6 is 0 Å². The minimum absolute atomic E-state index is 0.116. The number of anilines is 1. The SMILES string of the molecule is COC(=O)C[C@H]1C[C@H]2c3cc(N(C)C)ccc3O[C@H]2[C@H](CO)O1. The van der Waals surface area contributed by atoms with E-state index in [1.165, 1.54) is 7.11 Å². The second-order valence-electron chi connectivity index (χ2n) is 6.30. The van der Waals surface area contributed by atoms with E-state index in [0.717, 1.165) is 17.0 Å². The Morgan fingerprint density at radius 3 is 2.87 bits per heavy atom. The highest BCUT2D eigenvalue weighted by atomic mass is 16.6. The number of nitrogens with zero attached hydrogens (tertiary/aromatic N) is 1. The first-order valence-corrected chi connectivity index (χ1v) is 7.84. The molecule has 0 aliphatic carbocycles. The average Bonchev–Trinajstić information content (AvgIpc) is 2.91. The van der Waals surface area contributed by atoms with Crippen LogP contribution in [0.5, 0.6) is 5.75 Å². The predicted octanol–water partition coefficient (Wildman–Crippen LogP) is 1.31. The highest BCUT2D eigenvalue weighted by molar-refractivity contribution is 5.69. The number of methoxy groups -OCH3 is 1. The van der Waals surface area contributed by atoms with Crippen molar-refractivity contribution in [2.24, 2.45) is 0 Å². The van der Waals surface area contributed by atoms with Gasteiger partial charge in [0.15, 0.2) is 0 Å². The van der Waals surface area contributed by atoms with E-state index in [1.54, 1.807) is 0 Å². The molecule has 0 aromatic heterocycles. The predicted molar refractivity (Wildman–Crippen MR) is 84.9 cm³/mol. The lowest BCUT2D eigenvalue weighted by Crippen LogP contribution is -2.46. The van der Waals surface area contributed by atoms with Crippen molar-refractivity contribution in [3.05, 3.63) is 23.8 Å². The number of aliphatic hydroxyl groups excluding tert-OH is 1. The lowest BCUT2D eigenvalue weighted by Gasteiger charge is -2.36. The lowest BCUT2D eigenvalue weighted by atomic mass is 9.84. The molecule has 0 spiro atoms. The zero-order chi connectivity index (χ0) is 16.6. The number of carbonyl (C=O) groups excluding carboxylic acids is 1. The molecule has 0 amide bonds. The Bertz CT molecular complexity index is 588. The molecule has 23 heavy (non-hydrogen) atoms. The van der Waals surface area contributed by atoms with Gasteiger partial charge < -0.3 is 24.2 Å². The van der Waals surface area contributed by atoms with Gasteiger partial charge in [-0.2, -0.15) is 0 Å². The number of aliphatic hydroxyl groups is 1. The van der Waals surface area contributed by atoms with E-state index >= 15 is 0 Å². The largest absolute Gasteiger partial charge is 0.487 e. The van der Waals surface area contributed by atoms with E-state index in [1.807, 2.05) is 31.1 Å². The van der Waals surface area contributed by atoms with Gasteiger partial charge in [0.25, 0.3) is 0 Å². The minimum Gasteiger partial charge on any atom is -0.487 e. The summed E-state index contributed by atoms with van der Waals surface area (Å²) >= 11 is 0. The number of ether oxygens (including phenoxy) is 3. The number of rotatable bonds is 4. The Labute approximate surface area is 135 Å². The summed E-state index contributed by atoms with van der Waals surface area (Å²) in [5.41, 5.74) is 2.22. The smallest absolute Gasteiger partial charge is 0.308 e. The highest BCUT2D eigenvalue weighted by Crippen LogP contribution is 2.47. The summed E-state index contributed by atoms with van der Waals surface area (Å²) in [4.78, 5) is 13.6. The van der Waals surface area contributed by atoms with Crippen LogP contribution in [0.15, 0.2) is 18.2 Å². The maximum atomic E-state index is 11.6. The first-order valence-electron chi connectivity index (χ1n) is 7.84. The Hall–Kier alpha value is -1.79. The molecule has 2 aliphatic heterocycles. The van der Waals surface area contributed by atoms with Gasteiger partial charge >= 0.3 is 5.97 Å². The van der Waals surface area contributed by atoms with Crippen molar-refractivity contribution in [3.8, 4) is 5.75 Å². The molecule has 3 rings (SSSR count). The fourth-order valence-electron chi connectivity index (χ4n) is 3.42. The maximum absolute atomic E-state index is 11.6. The molecule has 2 heterocycles. The van der Waals surface area contributed by atoms with Crippen LogP contribution in [-0.4, -0.2) is 57.2 Å². The lowest BCUT2D eigenvalue weighted by molar-refractivity contribution is -0.156. The van der Waals surface area contributed by atoms with Crippen LogP contribution in [0.2, 0.25) is 0 Å². The Balaban J connectivity index is 1.86. The summed E-state index contributed by atoms with van der Waals surface area (Å²) in [5, 5.41) is 9.64. The molecular weight excluding hydrogens is 298 g/mol. The van der Waals surface area contributed by atoms with Crippen molar-refractivity contribution in [2.45, 2.75) is 37.1 Å². The zero-order valence-corrected chi connectivity index (χ0v) is 13.7. The van der Waals surface area contributed by atoms with Crippen molar-refractivity contribution in [3.63, 3.8) is 0 Å². The highest BCUT2D eigenvalue weighted by Gasteiger charge is 2.46. The van der Waals surface area contributed by atoms with Gasteiger partial charge in [0.1, 0.15) is 18.0 Å². The van der Waals surface area contributed by atoms with Crippen LogP contribution in [0.3, 0.4) is 0 Å². The van der Waals surface area contributed by atoms with Crippen LogP contribution in [0.4, 0.5) is 5.69 Å². The Kier molecular flexibility index (Phi) is 4.46. The van der Waals surface area contributed by atoms with Gasteiger partial charge in [-0.1, -0.05) is 0 Å². The molecule has 0 saturated carbocycles. The number of hydrogen-bond donors (Lipinski definition) is 1. The fraction of sp³-hybridized carbons (Fsp3) is 0.588. The second-order valence-corrected chi connectivity index (χ2v) is 6.30. The molecule has 6 nitrogen and oxygen atoms in total. The molecule has 1 saturated heterocycles. The van der Waals surface area contributed by atoms with E-state index in [9.17, 15) is 9.90 Å². The first kappa shape index (κ1) is 16.1. The quantitative estimate of drug-likeness (QED) is 0.844. The topological polar surface area (TPSA) is 68.2 Å². The normalized spacial score (nSPS) is 28.5. The fourth-order valence-corrected chi connectivity index (χ4v) is 3.42. The molecule has 0 radical (unpaired) electrons. The third kappa shape index (κ3) is 3.01. The summed E-state index contributed by atoms with van der Waals surface area (Å²) in [7, 11) is 5.36. The zero-order valence-electron chi connectivity index (χ0n) is 13.7. The standard InChI is InChI=1S/C17H23NO5/c1-18(2)10-4-5-14-12(6-10)13-7-11(8-16(20)21-3)22-15(9-19)17(13)23-14/h4-6,11,13,15,17,19H,7-9H2,1-3H3/t11-,13+,15+,17-/m1/s1. The van der Waals surface area contributed by atoms with Gasteiger partial charge in [0, 0.05) is 31.3 Å². The van der Waals surface area contributed by atoms with E-state index in [0.29, 0.717) is 6.42 Å². The molecule has 6 heteroatoms. The number of hydrogen-bond acceptors (Lipinski definition) is 6. The number of fused-ring (bicyclic) bond motifs is 3. The molecule has 2 aliphatic rings. The van der Waals surface area contributed by atoms with E-state index in [4.69, 9.17) is 14.2 Å². The van der Waals surface area contributed by atoms with E-state index < -0.39 is 6.10 Å². The van der Waals surface area contributed by atoms with Crippen molar-refractivity contribution in [1.82, 2.24) is 0 Å². The van der Waals surface area contributed by atoms with Crippen LogP contribution in [0.25, 0.3) is 0 Å². The number of carbonyl (C=O) groups is 1. The van der Waals surface area contributed by atoms with Crippen molar-refractivity contribution in [2.75, 3.05) is 32.7 Å². The third-order valence-electron chi connectivity index (χ3n) is 4.62. The maximum Gasteiger partial charge on any atom is 0.308 e. The molecular formula is C17H23NO5. The van der Waals surface area contributed by atoms with E-state index in [2.05, 4.69) is 6.07 Å². The van der Waals surface area contributed by atoms with Gasteiger partial charge in [-0.05, 0) is 24.6 Å². The Morgan fingerprint density at radius 2 is 2.22 bits per heavy atom. The average molecular weight is 321 g/mol. The third-order valence-corrected chi connectivity index (χ3v) is 4.62. The summed E-state index contributed by atoms with van der Waals surface area (Å²) in [5.74, 6) is 0.656. The number of esters is 1. The second kappa shape index (κ2) is 6.37. The van der Waals surface area contributed by atoms with Crippen LogP contribution in [0.1, 0.15) is 24.3 Å². The first-order chi connectivity index (χ1) is 11.0. The molecule has 4 atom stereocenters. The Morgan fingerprint density at radius 1 is 1.43 bits per heavy atom. The molecule has 1 aromatic carbocycles. The van der Waals surface area contributed by atoms with Crippen molar-refractivity contribution >= 4 is 11.7 Å². The van der Waals surface area contributed by atoms with Crippen LogP contribution in [-0.2, 0) is 14.3 Å². The van der Waals surface area contributed by atoms with Crippen LogP contribution in [0, 0.1) is 0 Å². The monoisotopic (exact) mass is 321 g/mol. The minimum atomic E-state index is -0.432. The molecule has 0 unspecified atom stereocenters.